The summed E-state index contributed by atoms with van der Waals surface area (Å²) in [4.78, 5) is 13.2. The quantitative estimate of drug-likeness (QED) is 0.467. The highest BCUT2D eigenvalue weighted by molar-refractivity contribution is 7.90. The van der Waals surface area contributed by atoms with Gasteiger partial charge in [-0.25, -0.2) is 8.42 Å². The van der Waals surface area contributed by atoms with E-state index in [1.165, 1.54) is 6.26 Å². The van der Waals surface area contributed by atoms with Crippen LogP contribution in [0.2, 0.25) is 0 Å². The molecule has 0 aliphatic heterocycles. The Morgan fingerprint density at radius 2 is 1.59 bits per heavy atom. The molecule has 32 heavy (non-hydrogen) atoms. The summed E-state index contributed by atoms with van der Waals surface area (Å²) in [6, 6.07) is 24.0. The van der Waals surface area contributed by atoms with E-state index in [-0.39, 0.29) is 10.8 Å². The van der Waals surface area contributed by atoms with E-state index in [1.807, 2.05) is 59.4 Å². The summed E-state index contributed by atoms with van der Waals surface area (Å²) >= 11 is 0. The fraction of sp³-hybridized carbons (Fsp3) is 0.120. The van der Waals surface area contributed by atoms with Crippen LogP contribution in [-0.4, -0.2) is 30.4 Å². The van der Waals surface area contributed by atoms with Gasteiger partial charge in [0.05, 0.1) is 11.4 Å². The average Bonchev–Trinajstić information content (AvgIpc) is 3.31. The van der Waals surface area contributed by atoms with Crippen LogP contribution in [0.25, 0.3) is 11.1 Å². The minimum absolute atomic E-state index is 0.187. The van der Waals surface area contributed by atoms with Crippen LogP contribution in [0.3, 0.4) is 0 Å². The number of nitrogens with one attached hydrogen (secondary N) is 1. The SMILES string of the molecule is CS(=O)(=O)c1ccc(CNC(=O)c2ccccc2-c2ccc(Cn3cccn3)cc2)cc1. The largest absolute Gasteiger partial charge is 0.348 e. The summed E-state index contributed by atoms with van der Waals surface area (Å²) in [5.74, 6) is -0.187. The predicted octanol–water partition coefficient (Wildman–Crippen LogP) is 3.93. The number of sulfone groups is 1. The Morgan fingerprint density at radius 1 is 0.906 bits per heavy atom. The minimum atomic E-state index is -3.24. The smallest absolute Gasteiger partial charge is 0.252 e. The molecule has 0 saturated heterocycles. The molecule has 0 atom stereocenters. The molecule has 0 unspecified atom stereocenters. The molecule has 0 aliphatic carbocycles. The van der Waals surface area contributed by atoms with Crippen molar-refractivity contribution in [1.82, 2.24) is 15.1 Å². The summed E-state index contributed by atoms with van der Waals surface area (Å²) < 4.78 is 25.0. The second-order valence-electron chi connectivity index (χ2n) is 7.54. The van der Waals surface area contributed by atoms with Crippen LogP contribution < -0.4 is 5.32 Å². The zero-order valence-electron chi connectivity index (χ0n) is 17.6. The standard InChI is InChI=1S/C25H23N3O3S/c1-32(30,31)22-13-9-19(10-14-22)17-26-25(29)24-6-3-2-5-23(24)21-11-7-20(8-12-21)18-28-16-4-15-27-28/h2-16H,17-18H2,1H3,(H,26,29). The van der Waals surface area contributed by atoms with E-state index < -0.39 is 9.84 Å². The highest BCUT2D eigenvalue weighted by Crippen LogP contribution is 2.24. The third kappa shape index (κ3) is 5.12. The monoisotopic (exact) mass is 445 g/mol. The summed E-state index contributed by atoms with van der Waals surface area (Å²) in [5, 5.41) is 7.15. The molecule has 3 aromatic carbocycles. The molecule has 0 radical (unpaired) electrons. The molecule has 1 aromatic heterocycles. The van der Waals surface area contributed by atoms with Gasteiger partial charge in [-0.05, 0) is 46.5 Å². The molecule has 7 heteroatoms. The van der Waals surface area contributed by atoms with Gasteiger partial charge >= 0.3 is 0 Å². The summed E-state index contributed by atoms with van der Waals surface area (Å²) in [5.41, 5.74) is 4.34. The summed E-state index contributed by atoms with van der Waals surface area (Å²) in [6.07, 6.45) is 4.84. The maximum Gasteiger partial charge on any atom is 0.252 e. The molecule has 1 amide bonds. The fourth-order valence-corrected chi connectivity index (χ4v) is 4.07. The van der Waals surface area contributed by atoms with Crippen molar-refractivity contribution in [3.63, 3.8) is 0 Å². The average molecular weight is 446 g/mol. The van der Waals surface area contributed by atoms with Crippen LogP contribution in [0.15, 0.2) is 96.2 Å². The molecule has 1 N–H and O–H groups in total. The minimum Gasteiger partial charge on any atom is -0.348 e. The van der Waals surface area contributed by atoms with Crippen LogP contribution in [0, 0.1) is 0 Å². The van der Waals surface area contributed by atoms with Crippen LogP contribution in [0.1, 0.15) is 21.5 Å². The Kier molecular flexibility index (Phi) is 6.18. The molecule has 1 heterocycles. The Bertz CT molecular complexity index is 1310. The van der Waals surface area contributed by atoms with Gasteiger partial charge in [0.1, 0.15) is 0 Å². The lowest BCUT2D eigenvalue weighted by atomic mass is 9.98. The van der Waals surface area contributed by atoms with Crippen molar-refractivity contribution in [2.75, 3.05) is 6.26 Å². The van der Waals surface area contributed by atoms with Gasteiger partial charge in [-0.1, -0.05) is 54.6 Å². The first-order chi connectivity index (χ1) is 15.4. The Morgan fingerprint density at radius 3 is 2.25 bits per heavy atom. The van der Waals surface area contributed by atoms with Crippen molar-refractivity contribution >= 4 is 15.7 Å². The van der Waals surface area contributed by atoms with Crippen LogP contribution in [-0.2, 0) is 22.9 Å². The van der Waals surface area contributed by atoms with Gasteiger partial charge in [0, 0.05) is 30.8 Å². The van der Waals surface area contributed by atoms with E-state index in [1.54, 1.807) is 36.5 Å². The maximum atomic E-state index is 12.9. The first-order valence-corrected chi connectivity index (χ1v) is 12.0. The number of hydrogen-bond acceptors (Lipinski definition) is 4. The van der Waals surface area contributed by atoms with E-state index in [4.69, 9.17) is 0 Å². The molecule has 0 bridgehead atoms. The van der Waals surface area contributed by atoms with Crippen LogP contribution >= 0.6 is 0 Å². The van der Waals surface area contributed by atoms with E-state index in [9.17, 15) is 13.2 Å². The third-order valence-corrected chi connectivity index (χ3v) is 6.27. The van der Waals surface area contributed by atoms with Crippen LogP contribution in [0.5, 0.6) is 0 Å². The normalized spacial score (nSPS) is 11.3. The summed E-state index contributed by atoms with van der Waals surface area (Å²) in [6.45, 7) is 0.994. The Hall–Kier alpha value is -3.71. The van der Waals surface area contributed by atoms with Gasteiger partial charge in [-0.2, -0.15) is 5.10 Å². The third-order valence-electron chi connectivity index (χ3n) is 5.14. The second kappa shape index (κ2) is 9.20. The number of rotatable bonds is 7. The van der Waals surface area contributed by atoms with Gasteiger partial charge in [-0.15, -0.1) is 0 Å². The number of hydrogen-bond donors (Lipinski definition) is 1. The highest BCUT2D eigenvalue weighted by atomic mass is 32.2. The molecule has 0 aliphatic rings. The number of aromatic nitrogens is 2. The van der Waals surface area contributed by atoms with Crippen molar-refractivity contribution < 1.29 is 13.2 Å². The van der Waals surface area contributed by atoms with Gasteiger partial charge in [0.25, 0.3) is 5.91 Å². The van der Waals surface area contributed by atoms with Gasteiger partial charge in [0.15, 0.2) is 9.84 Å². The van der Waals surface area contributed by atoms with Crippen LogP contribution in [0.4, 0.5) is 0 Å². The maximum absolute atomic E-state index is 12.9. The van der Waals surface area contributed by atoms with Gasteiger partial charge < -0.3 is 5.32 Å². The van der Waals surface area contributed by atoms with E-state index in [0.717, 1.165) is 22.3 Å². The lowest BCUT2D eigenvalue weighted by Gasteiger charge is -2.11. The van der Waals surface area contributed by atoms with Crippen molar-refractivity contribution in [3.8, 4) is 11.1 Å². The lowest BCUT2D eigenvalue weighted by Crippen LogP contribution is -2.23. The molecule has 4 rings (SSSR count). The van der Waals surface area contributed by atoms with Gasteiger partial charge in [0.2, 0.25) is 0 Å². The lowest BCUT2D eigenvalue weighted by molar-refractivity contribution is 0.0951. The first-order valence-electron chi connectivity index (χ1n) is 10.1. The number of benzene rings is 3. The fourth-order valence-electron chi connectivity index (χ4n) is 3.44. The molecule has 162 valence electrons. The molecule has 0 spiro atoms. The Labute approximate surface area is 187 Å². The summed E-state index contributed by atoms with van der Waals surface area (Å²) in [7, 11) is -3.24. The zero-order chi connectivity index (χ0) is 22.6. The number of amides is 1. The first kappa shape index (κ1) is 21.5. The zero-order valence-corrected chi connectivity index (χ0v) is 18.4. The molecular weight excluding hydrogens is 422 g/mol. The molecule has 4 aromatic rings. The van der Waals surface area contributed by atoms with Crippen molar-refractivity contribution in [3.05, 3.63) is 108 Å². The molecule has 6 nitrogen and oxygen atoms in total. The number of carbonyl (C=O) groups excluding carboxylic acids is 1. The Balaban J connectivity index is 1.47. The number of carbonyl (C=O) groups is 1. The second-order valence-corrected chi connectivity index (χ2v) is 9.56. The van der Waals surface area contributed by atoms with E-state index >= 15 is 0 Å². The van der Waals surface area contributed by atoms with Gasteiger partial charge in [-0.3, -0.25) is 9.48 Å². The molecule has 0 fully saturated rings. The molecular formula is C25H23N3O3S. The van der Waals surface area contributed by atoms with Crippen molar-refractivity contribution in [2.24, 2.45) is 0 Å². The van der Waals surface area contributed by atoms with E-state index in [0.29, 0.717) is 18.7 Å². The number of nitrogens with zero attached hydrogens (tertiary/aromatic N) is 2. The van der Waals surface area contributed by atoms with E-state index in [2.05, 4.69) is 10.4 Å². The van der Waals surface area contributed by atoms with Crippen molar-refractivity contribution in [2.45, 2.75) is 18.0 Å². The highest BCUT2D eigenvalue weighted by Gasteiger charge is 2.13. The predicted molar refractivity (Wildman–Crippen MR) is 124 cm³/mol. The topological polar surface area (TPSA) is 81.1 Å². The van der Waals surface area contributed by atoms with Crippen molar-refractivity contribution in [1.29, 1.82) is 0 Å². The molecule has 0 saturated carbocycles.